The van der Waals surface area contributed by atoms with Crippen molar-refractivity contribution < 1.29 is 19.4 Å². The molecule has 5 heteroatoms. The van der Waals surface area contributed by atoms with E-state index in [9.17, 15) is 14.7 Å². The lowest BCUT2D eigenvalue weighted by atomic mass is 9.67. The first-order valence-corrected chi connectivity index (χ1v) is 6.01. The van der Waals surface area contributed by atoms with Crippen LogP contribution in [0.25, 0.3) is 0 Å². The number of carboxylic acid groups (broad SMARTS) is 1. The number of rotatable bonds is 1. The van der Waals surface area contributed by atoms with E-state index in [4.69, 9.17) is 4.74 Å². The van der Waals surface area contributed by atoms with E-state index in [0.29, 0.717) is 13.0 Å². The summed E-state index contributed by atoms with van der Waals surface area (Å²) in [5.74, 6) is -0.787. The van der Waals surface area contributed by atoms with E-state index in [1.807, 2.05) is 0 Å². The first kappa shape index (κ1) is 12.2. The molecular formula is C12H19NO4. The molecule has 0 bridgehead atoms. The molecule has 1 heterocycles. The van der Waals surface area contributed by atoms with Crippen LogP contribution in [-0.4, -0.2) is 39.8 Å². The zero-order chi connectivity index (χ0) is 12.8. The van der Waals surface area contributed by atoms with Gasteiger partial charge in [0.15, 0.2) is 0 Å². The number of fused-ring (bicyclic) bond motifs is 1. The predicted octanol–water partition coefficient (Wildman–Crippen LogP) is 1.86. The van der Waals surface area contributed by atoms with Crippen molar-refractivity contribution in [1.82, 2.24) is 4.90 Å². The van der Waals surface area contributed by atoms with Crippen LogP contribution < -0.4 is 0 Å². The Morgan fingerprint density at radius 3 is 2.41 bits per heavy atom. The molecule has 17 heavy (non-hydrogen) atoms. The Balaban J connectivity index is 2.16. The fourth-order valence-electron chi connectivity index (χ4n) is 2.81. The van der Waals surface area contributed by atoms with Gasteiger partial charge in [0.1, 0.15) is 11.1 Å². The molecule has 96 valence electrons. The molecule has 1 aliphatic heterocycles. The molecule has 1 amide bonds. The molecule has 1 aliphatic carbocycles. The molecule has 0 aromatic rings. The monoisotopic (exact) mass is 241 g/mol. The predicted molar refractivity (Wildman–Crippen MR) is 60.6 cm³/mol. The Morgan fingerprint density at radius 2 is 2.00 bits per heavy atom. The van der Waals surface area contributed by atoms with Gasteiger partial charge in [-0.3, -0.25) is 4.90 Å². The lowest BCUT2D eigenvalue weighted by Crippen LogP contribution is -2.62. The van der Waals surface area contributed by atoms with Gasteiger partial charge in [0.05, 0.1) is 0 Å². The van der Waals surface area contributed by atoms with Crippen LogP contribution in [0.5, 0.6) is 0 Å². The van der Waals surface area contributed by atoms with Gasteiger partial charge in [0, 0.05) is 6.54 Å². The standard InChI is InChI=1S/C12H19NO4/c1-11(2,3)17-10(16)13-7-5-8-4-6-12(8,13)9(14)15/h8H,4-7H2,1-3H3,(H,14,15)/t8-,12-/m0/s1. The summed E-state index contributed by atoms with van der Waals surface area (Å²) >= 11 is 0. The van der Waals surface area contributed by atoms with Crippen LogP contribution in [-0.2, 0) is 9.53 Å². The van der Waals surface area contributed by atoms with Crippen LogP contribution in [0.15, 0.2) is 0 Å². The molecule has 0 aromatic heterocycles. The van der Waals surface area contributed by atoms with Gasteiger partial charge >= 0.3 is 12.1 Å². The fraction of sp³-hybridized carbons (Fsp3) is 0.833. The summed E-state index contributed by atoms with van der Waals surface area (Å²) in [6.45, 7) is 5.85. The van der Waals surface area contributed by atoms with E-state index in [-0.39, 0.29) is 5.92 Å². The number of carbonyl (C=O) groups is 2. The lowest BCUT2D eigenvalue weighted by Gasteiger charge is -2.46. The van der Waals surface area contributed by atoms with Crippen LogP contribution in [0, 0.1) is 5.92 Å². The van der Waals surface area contributed by atoms with Gasteiger partial charge in [-0.2, -0.15) is 0 Å². The first-order valence-electron chi connectivity index (χ1n) is 6.01. The van der Waals surface area contributed by atoms with Gasteiger partial charge in [-0.1, -0.05) is 0 Å². The summed E-state index contributed by atoms with van der Waals surface area (Å²) in [6.07, 6.45) is 1.71. The van der Waals surface area contributed by atoms with E-state index < -0.39 is 23.2 Å². The highest BCUT2D eigenvalue weighted by Crippen LogP contribution is 2.50. The smallest absolute Gasteiger partial charge is 0.411 e. The molecule has 1 saturated heterocycles. The molecule has 0 unspecified atom stereocenters. The minimum atomic E-state index is -0.984. The number of carboxylic acids is 1. The summed E-state index contributed by atoms with van der Waals surface area (Å²) in [5.41, 5.74) is -1.57. The molecule has 0 spiro atoms. The van der Waals surface area contributed by atoms with Crippen LogP contribution in [0.1, 0.15) is 40.0 Å². The maximum Gasteiger partial charge on any atom is 0.411 e. The van der Waals surface area contributed by atoms with Crippen molar-refractivity contribution in [3.05, 3.63) is 0 Å². The van der Waals surface area contributed by atoms with Crippen molar-refractivity contribution in [3.63, 3.8) is 0 Å². The van der Waals surface area contributed by atoms with Crippen molar-refractivity contribution in [1.29, 1.82) is 0 Å². The van der Waals surface area contributed by atoms with Crippen molar-refractivity contribution in [2.24, 2.45) is 5.92 Å². The summed E-state index contributed by atoms with van der Waals surface area (Å²) < 4.78 is 5.27. The minimum absolute atomic E-state index is 0.104. The molecule has 2 aliphatic rings. The highest BCUT2D eigenvalue weighted by atomic mass is 16.6. The van der Waals surface area contributed by atoms with Crippen molar-refractivity contribution in [3.8, 4) is 0 Å². The zero-order valence-electron chi connectivity index (χ0n) is 10.5. The van der Waals surface area contributed by atoms with Crippen LogP contribution >= 0.6 is 0 Å². The summed E-state index contributed by atoms with van der Waals surface area (Å²) in [6, 6.07) is 0. The Morgan fingerprint density at radius 1 is 1.35 bits per heavy atom. The summed E-state index contributed by atoms with van der Waals surface area (Å²) in [7, 11) is 0. The lowest BCUT2D eigenvalue weighted by molar-refractivity contribution is -0.158. The van der Waals surface area contributed by atoms with E-state index in [1.165, 1.54) is 4.90 Å². The van der Waals surface area contributed by atoms with Gasteiger partial charge in [-0.15, -0.1) is 0 Å². The van der Waals surface area contributed by atoms with Crippen molar-refractivity contribution >= 4 is 12.1 Å². The summed E-state index contributed by atoms with van der Waals surface area (Å²) in [4.78, 5) is 24.8. The topological polar surface area (TPSA) is 66.8 Å². The van der Waals surface area contributed by atoms with Gasteiger partial charge in [-0.25, -0.2) is 9.59 Å². The van der Waals surface area contributed by atoms with Gasteiger partial charge in [-0.05, 0) is 46.0 Å². The molecule has 0 radical (unpaired) electrons. The van der Waals surface area contributed by atoms with Gasteiger partial charge in [0.2, 0.25) is 0 Å². The Bertz CT molecular complexity index is 360. The Hall–Kier alpha value is -1.26. The minimum Gasteiger partial charge on any atom is -0.479 e. The second-order valence-electron chi connectivity index (χ2n) is 5.89. The number of amides is 1. The molecule has 2 fully saturated rings. The third-order valence-electron chi connectivity index (χ3n) is 3.72. The first-order chi connectivity index (χ1) is 7.77. The number of hydrogen-bond donors (Lipinski definition) is 1. The third kappa shape index (κ3) is 1.77. The molecule has 5 nitrogen and oxygen atoms in total. The number of aliphatic carboxylic acids is 1. The third-order valence-corrected chi connectivity index (χ3v) is 3.72. The highest BCUT2D eigenvalue weighted by molar-refractivity contribution is 5.87. The number of likely N-dealkylation sites (tertiary alicyclic amines) is 1. The highest BCUT2D eigenvalue weighted by Gasteiger charge is 2.62. The van der Waals surface area contributed by atoms with Crippen LogP contribution in [0.4, 0.5) is 4.79 Å². The second kappa shape index (κ2) is 3.62. The van der Waals surface area contributed by atoms with Gasteiger partial charge in [0.25, 0.3) is 0 Å². The Kier molecular flexibility index (Phi) is 2.60. The molecular weight excluding hydrogens is 222 g/mol. The van der Waals surface area contributed by atoms with E-state index >= 15 is 0 Å². The Labute approximate surface area is 101 Å². The van der Waals surface area contributed by atoms with Gasteiger partial charge < -0.3 is 9.84 Å². The number of nitrogens with zero attached hydrogens (tertiary/aromatic N) is 1. The van der Waals surface area contributed by atoms with E-state index in [2.05, 4.69) is 0 Å². The number of carbonyl (C=O) groups excluding carboxylic acids is 1. The maximum absolute atomic E-state index is 12.0. The molecule has 1 saturated carbocycles. The van der Waals surface area contributed by atoms with Crippen LogP contribution in [0.3, 0.4) is 0 Å². The molecule has 1 N–H and O–H groups in total. The SMILES string of the molecule is CC(C)(C)OC(=O)N1CC[C@@H]2CC[C@@]21C(=O)O. The normalized spacial score (nSPS) is 31.7. The van der Waals surface area contributed by atoms with Crippen molar-refractivity contribution in [2.45, 2.75) is 51.2 Å². The summed E-state index contributed by atoms with van der Waals surface area (Å²) in [5, 5.41) is 9.36. The fourth-order valence-corrected chi connectivity index (χ4v) is 2.81. The number of hydrogen-bond acceptors (Lipinski definition) is 3. The van der Waals surface area contributed by atoms with E-state index in [1.54, 1.807) is 20.8 Å². The van der Waals surface area contributed by atoms with Crippen molar-refractivity contribution in [2.75, 3.05) is 6.54 Å². The largest absolute Gasteiger partial charge is 0.479 e. The average Bonchev–Trinajstić information content (AvgIpc) is 2.35. The second-order valence-corrected chi connectivity index (χ2v) is 5.89. The number of ether oxygens (including phenoxy) is 1. The van der Waals surface area contributed by atoms with E-state index in [0.717, 1.165) is 12.8 Å². The zero-order valence-corrected chi connectivity index (χ0v) is 10.5. The van der Waals surface area contributed by atoms with Crippen LogP contribution in [0.2, 0.25) is 0 Å². The quantitative estimate of drug-likeness (QED) is 0.761. The maximum atomic E-state index is 12.0. The molecule has 2 rings (SSSR count). The molecule has 0 aromatic carbocycles. The molecule has 2 atom stereocenters. The average molecular weight is 241 g/mol.